The number of phenolic OH excluding ortho intramolecular Hbond substituents is 2. The summed E-state index contributed by atoms with van der Waals surface area (Å²) >= 11 is 0. The standard InChI is InChI=1S/C17H13NO4/c18-8-2-4-9-3-1-5-10-13(9)17(22)15-12(20)7-6-11(19)14(15)16(10)21/h1-3,5-8,19-20H,4,18H2. The Bertz CT molecular complexity index is 837. The summed E-state index contributed by atoms with van der Waals surface area (Å²) in [5.74, 6) is -1.58. The van der Waals surface area contributed by atoms with Crippen LogP contribution >= 0.6 is 0 Å². The van der Waals surface area contributed by atoms with Crippen molar-refractivity contribution in [1.29, 1.82) is 0 Å². The molecule has 3 rings (SSSR count). The summed E-state index contributed by atoms with van der Waals surface area (Å²) in [6.07, 6.45) is 3.44. The fourth-order valence-electron chi connectivity index (χ4n) is 2.72. The summed E-state index contributed by atoms with van der Waals surface area (Å²) in [5, 5.41) is 19.8. The molecule has 22 heavy (non-hydrogen) atoms. The number of hydrogen-bond acceptors (Lipinski definition) is 5. The van der Waals surface area contributed by atoms with Crippen LogP contribution in [0.5, 0.6) is 11.5 Å². The minimum atomic E-state index is -0.475. The van der Waals surface area contributed by atoms with Crippen LogP contribution < -0.4 is 5.73 Å². The molecule has 0 spiro atoms. The lowest BCUT2D eigenvalue weighted by Gasteiger charge is -2.21. The number of benzene rings is 2. The number of phenols is 2. The van der Waals surface area contributed by atoms with E-state index < -0.39 is 11.6 Å². The van der Waals surface area contributed by atoms with Crippen LogP contribution in [0.3, 0.4) is 0 Å². The van der Waals surface area contributed by atoms with Gasteiger partial charge in [0.2, 0.25) is 0 Å². The zero-order valence-electron chi connectivity index (χ0n) is 11.5. The molecular formula is C17H13NO4. The molecule has 4 N–H and O–H groups in total. The van der Waals surface area contributed by atoms with Crippen molar-refractivity contribution >= 4 is 11.6 Å². The van der Waals surface area contributed by atoms with E-state index in [0.29, 0.717) is 12.0 Å². The van der Waals surface area contributed by atoms with Gasteiger partial charge in [-0.15, -0.1) is 0 Å². The zero-order valence-corrected chi connectivity index (χ0v) is 11.5. The molecule has 0 atom stereocenters. The molecule has 0 fully saturated rings. The Kier molecular flexibility index (Phi) is 3.18. The number of hydrogen-bond donors (Lipinski definition) is 3. The van der Waals surface area contributed by atoms with Gasteiger partial charge in [-0.05, 0) is 30.3 Å². The van der Waals surface area contributed by atoms with Gasteiger partial charge in [-0.2, -0.15) is 0 Å². The number of aromatic hydroxyl groups is 2. The highest BCUT2D eigenvalue weighted by Gasteiger charge is 2.35. The Morgan fingerprint density at radius 3 is 2.18 bits per heavy atom. The molecule has 110 valence electrons. The summed E-state index contributed by atoms with van der Waals surface area (Å²) in [7, 11) is 0. The number of carbonyl (C=O) groups is 2. The third-order valence-electron chi connectivity index (χ3n) is 3.71. The first-order valence-corrected chi connectivity index (χ1v) is 6.69. The lowest BCUT2D eigenvalue weighted by atomic mass is 9.80. The fourth-order valence-corrected chi connectivity index (χ4v) is 2.72. The van der Waals surface area contributed by atoms with Crippen molar-refractivity contribution in [2.45, 2.75) is 6.42 Å². The number of allylic oxidation sites excluding steroid dienone is 1. The van der Waals surface area contributed by atoms with Gasteiger partial charge in [0.05, 0.1) is 11.1 Å². The molecule has 0 saturated heterocycles. The van der Waals surface area contributed by atoms with E-state index in [2.05, 4.69) is 0 Å². The molecule has 0 heterocycles. The van der Waals surface area contributed by atoms with Gasteiger partial charge in [0.25, 0.3) is 0 Å². The van der Waals surface area contributed by atoms with E-state index in [9.17, 15) is 19.8 Å². The maximum atomic E-state index is 12.7. The maximum absolute atomic E-state index is 12.7. The van der Waals surface area contributed by atoms with Gasteiger partial charge in [0.15, 0.2) is 11.6 Å². The van der Waals surface area contributed by atoms with Crippen LogP contribution in [0.2, 0.25) is 0 Å². The second kappa shape index (κ2) is 5.04. The van der Waals surface area contributed by atoms with Crippen LogP contribution in [0.15, 0.2) is 42.6 Å². The van der Waals surface area contributed by atoms with E-state index in [1.54, 1.807) is 18.2 Å². The van der Waals surface area contributed by atoms with Crippen LogP contribution in [-0.2, 0) is 6.42 Å². The van der Waals surface area contributed by atoms with Gasteiger partial charge in [-0.1, -0.05) is 24.3 Å². The number of carbonyl (C=O) groups excluding carboxylic acids is 2. The lowest BCUT2D eigenvalue weighted by molar-refractivity contribution is 0.0973. The molecule has 0 aliphatic heterocycles. The van der Waals surface area contributed by atoms with Crippen molar-refractivity contribution in [2.24, 2.45) is 5.73 Å². The Morgan fingerprint density at radius 1 is 0.909 bits per heavy atom. The first-order chi connectivity index (χ1) is 10.6. The van der Waals surface area contributed by atoms with Crippen molar-refractivity contribution in [3.63, 3.8) is 0 Å². The van der Waals surface area contributed by atoms with Crippen molar-refractivity contribution < 1.29 is 19.8 Å². The monoisotopic (exact) mass is 295 g/mol. The zero-order chi connectivity index (χ0) is 15.9. The average molecular weight is 295 g/mol. The number of nitrogens with two attached hydrogens (primary N) is 1. The van der Waals surface area contributed by atoms with Crippen LogP contribution in [0.4, 0.5) is 0 Å². The molecule has 0 amide bonds. The van der Waals surface area contributed by atoms with Gasteiger partial charge in [0.1, 0.15) is 11.5 Å². The molecule has 0 bridgehead atoms. The molecule has 1 aliphatic rings. The van der Waals surface area contributed by atoms with Gasteiger partial charge >= 0.3 is 0 Å². The molecule has 0 radical (unpaired) electrons. The first kappa shape index (κ1) is 13.9. The highest BCUT2D eigenvalue weighted by Crippen LogP contribution is 2.38. The van der Waals surface area contributed by atoms with Crippen molar-refractivity contribution in [1.82, 2.24) is 0 Å². The predicted octanol–water partition coefficient (Wildman–Crippen LogP) is 1.89. The predicted molar refractivity (Wildman–Crippen MR) is 80.1 cm³/mol. The van der Waals surface area contributed by atoms with Gasteiger partial charge in [-0.25, -0.2) is 0 Å². The third kappa shape index (κ3) is 1.87. The smallest absolute Gasteiger partial charge is 0.198 e. The Balaban J connectivity index is 2.30. The topological polar surface area (TPSA) is 101 Å². The minimum absolute atomic E-state index is 0.149. The molecule has 0 saturated carbocycles. The molecule has 5 nitrogen and oxygen atoms in total. The van der Waals surface area contributed by atoms with Gasteiger partial charge in [-0.3, -0.25) is 9.59 Å². The first-order valence-electron chi connectivity index (χ1n) is 6.69. The summed E-state index contributed by atoms with van der Waals surface area (Å²) in [5.41, 5.74) is 6.15. The van der Waals surface area contributed by atoms with E-state index in [0.717, 1.165) is 0 Å². The second-order valence-corrected chi connectivity index (χ2v) is 4.98. The number of rotatable bonds is 2. The molecule has 2 aromatic carbocycles. The summed E-state index contributed by atoms with van der Waals surface area (Å²) in [6.45, 7) is 0. The molecular weight excluding hydrogens is 282 g/mol. The van der Waals surface area contributed by atoms with Crippen LogP contribution in [0.1, 0.15) is 37.4 Å². The normalized spacial score (nSPS) is 13.3. The number of ketones is 2. The quantitative estimate of drug-likeness (QED) is 0.627. The Labute approximate surface area is 126 Å². The Hall–Kier alpha value is -3.08. The molecule has 1 aliphatic carbocycles. The van der Waals surface area contributed by atoms with E-state index in [-0.39, 0.29) is 33.8 Å². The molecule has 2 aromatic rings. The van der Waals surface area contributed by atoms with E-state index in [1.807, 2.05) is 0 Å². The fraction of sp³-hybridized carbons (Fsp3) is 0.0588. The largest absolute Gasteiger partial charge is 0.507 e. The van der Waals surface area contributed by atoms with Crippen LogP contribution in [-0.4, -0.2) is 21.8 Å². The molecule has 5 heteroatoms. The van der Waals surface area contributed by atoms with Crippen LogP contribution in [0.25, 0.3) is 0 Å². The molecule has 0 unspecified atom stereocenters. The van der Waals surface area contributed by atoms with Crippen molar-refractivity contribution in [3.8, 4) is 11.5 Å². The summed E-state index contributed by atoms with van der Waals surface area (Å²) in [6, 6.07) is 7.35. The van der Waals surface area contributed by atoms with E-state index in [4.69, 9.17) is 5.73 Å². The van der Waals surface area contributed by atoms with Crippen molar-refractivity contribution in [2.75, 3.05) is 0 Å². The van der Waals surface area contributed by atoms with Crippen LogP contribution in [0, 0.1) is 0 Å². The highest BCUT2D eigenvalue weighted by molar-refractivity contribution is 6.30. The molecule has 0 aromatic heterocycles. The number of fused-ring (bicyclic) bond motifs is 2. The third-order valence-corrected chi connectivity index (χ3v) is 3.71. The van der Waals surface area contributed by atoms with E-state index in [1.165, 1.54) is 24.4 Å². The SMILES string of the molecule is NC=CCc1cccc2c1C(=O)c1c(O)ccc(O)c1C2=O. The Morgan fingerprint density at radius 2 is 1.55 bits per heavy atom. The lowest BCUT2D eigenvalue weighted by Crippen LogP contribution is -2.22. The minimum Gasteiger partial charge on any atom is -0.507 e. The highest BCUT2D eigenvalue weighted by atomic mass is 16.3. The van der Waals surface area contributed by atoms with Gasteiger partial charge in [0, 0.05) is 11.1 Å². The second-order valence-electron chi connectivity index (χ2n) is 4.98. The average Bonchev–Trinajstić information content (AvgIpc) is 2.52. The maximum Gasteiger partial charge on any atom is 0.198 e. The van der Waals surface area contributed by atoms with E-state index >= 15 is 0 Å². The van der Waals surface area contributed by atoms with Crippen molar-refractivity contribution in [3.05, 3.63) is 70.4 Å². The summed E-state index contributed by atoms with van der Waals surface area (Å²) in [4.78, 5) is 25.3. The summed E-state index contributed by atoms with van der Waals surface area (Å²) < 4.78 is 0. The van der Waals surface area contributed by atoms with Gasteiger partial charge < -0.3 is 15.9 Å².